The number of thiazole rings is 1. The molecule has 1 N–H and O–H groups in total. The smallest absolute Gasteiger partial charge is 0.242 e. The van der Waals surface area contributed by atoms with Gasteiger partial charge in [-0.05, 0) is 12.1 Å². The first-order chi connectivity index (χ1) is 9.16. The van der Waals surface area contributed by atoms with E-state index in [4.69, 9.17) is 4.55 Å². The van der Waals surface area contributed by atoms with Crippen LogP contribution in [0.2, 0.25) is 0 Å². The summed E-state index contributed by atoms with van der Waals surface area (Å²) in [5.74, 6) is 0.339. The fourth-order valence-electron chi connectivity index (χ4n) is 2.30. The highest BCUT2D eigenvalue weighted by Crippen LogP contribution is 2.35. The summed E-state index contributed by atoms with van der Waals surface area (Å²) in [5, 5.41) is 2.55. The molecular formula is C13H14NO2S3+. The number of hydrogen-bond acceptors (Lipinski definition) is 3. The predicted octanol–water partition coefficient (Wildman–Crippen LogP) is 3.32. The first kappa shape index (κ1) is 13.2. The van der Waals surface area contributed by atoms with Crippen LogP contribution in [0.4, 0.5) is 0 Å². The minimum Gasteiger partial charge on any atom is -0.306 e. The van der Waals surface area contributed by atoms with E-state index in [9.17, 15) is 4.21 Å². The molecule has 0 saturated heterocycles. The Labute approximate surface area is 121 Å². The molecule has 100 valence electrons. The van der Waals surface area contributed by atoms with E-state index in [1.54, 1.807) is 11.3 Å². The average Bonchev–Trinajstić information content (AvgIpc) is 2.85. The fraction of sp³-hybridized carbons (Fsp3) is 0.308. The van der Waals surface area contributed by atoms with Crippen molar-refractivity contribution in [3.63, 3.8) is 0 Å². The summed E-state index contributed by atoms with van der Waals surface area (Å²) < 4.78 is 24.5. The second-order valence-corrected chi connectivity index (χ2v) is 7.95. The Balaban J connectivity index is 2.06. The predicted molar refractivity (Wildman–Crippen MR) is 82.4 cm³/mol. The van der Waals surface area contributed by atoms with Gasteiger partial charge in [-0.25, -0.2) is 4.21 Å². The van der Waals surface area contributed by atoms with Gasteiger partial charge in [0.1, 0.15) is 0 Å². The zero-order valence-electron chi connectivity index (χ0n) is 10.5. The summed E-state index contributed by atoms with van der Waals surface area (Å²) in [6, 6.07) is 8.43. The van der Waals surface area contributed by atoms with Crippen LogP contribution in [-0.2, 0) is 17.6 Å². The Morgan fingerprint density at radius 3 is 2.89 bits per heavy atom. The Morgan fingerprint density at radius 1 is 1.32 bits per heavy atom. The molecule has 2 aromatic heterocycles. The second-order valence-electron chi connectivity index (χ2n) is 4.39. The molecule has 19 heavy (non-hydrogen) atoms. The van der Waals surface area contributed by atoms with Crippen molar-refractivity contribution in [2.45, 2.75) is 19.9 Å². The van der Waals surface area contributed by atoms with Crippen molar-refractivity contribution in [1.29, 1.82) is 0 Å². The molecule has 0 aliphatic rings. The van der Waals surface area contributed by atoms with Gasteiger partial charge in [0.15, 0.2) is 21.6 Å². The first-order valence-electron chi connectivity index (χ1n) is 6.05. The van der Waals surface area contributed by atoms with E-state index < -0.39 is 11.1 Å². The Bertz CT molecular complexity index is 760. The summed E-state index contributed by atoms with van der Waals surface area (Å²) in [7, 11) is 0. The van der Waals surface area contributed by atoms with Crippen molar-refractivity contribution in [2.75, 3.05) is 5.75 Å². The molecule has 6 heteroatoms. The summed E-state index contributed by atoms with van der Waals surface area (Å²) in [5.41, 5.74) is 1.28. The van der Waals surface area contributed by atoms with Gasteiger partial charge in [-0.1, -0.05) is 23.5 Å². The molecule has 0 aliphatic carbocycles. The molecule has 1 aromatic carbocycles. The van der Waals surface area contributed by atoms with Gasteiger partial charge in [-0.2, -0.15) is 4.57 Å². The van der Waals surface area contributed by atoms with Crippen LogP contribution in [0.15, 0.2) is 24.3 Å². The quantitative estimate of drug-likeness (QED) is 0.593. The van der Waals surface area contributed by atoms with Crippen LogP contribution in [0.5, 0.6) is 0 Å². The lowest BCUT2D eigenvalue weighted by Crippen LogP contribution is -2.35. The van der Waals surface area contributed by atoms with E-state index in [1.165, 1.54) is 24.6 Å². The lowest BCUT2D eigenvalue weighted by Gasteiger charge is -1.96. The number of hydrogen-bond donors (Lipinski definition) is 1. The highest BCUT2D eigenvalue weighted by molar-refractivity contribution is 7.79. The van der Waals surface area contributed by atoms with Gasteiger partial charge in [-0.3, -0.25) is 0 Å². The number of thiophene rings is 1. The minimum atomic E-state index is -1.69. The molecule has 0 amide bonds. The van der Waals surface area contributed by atoms with Crippen molar-refractivity contribution in [3.8, 4) is 0 Å². The molecular weight excluding hydrogens is 298 g/mol. The topological polar surface area (TPSA) is 41.2 Å². The standard InChI is InChI=1S/C13H13NO2S3/c1-9-14(7-4-8-19(15)16)12-10-5-2-3-6-11(10)18-13(12)17-9/h2-3,5-6H,4,7-8H2,1H3/p+1. The first-order valence-corrected chi connectivity index (χ1v) is 8.95. The van der Waals surface area contributed by atoms with E-state index >= 15 is 0 Å². The Kier molecular flexibility index (Phi) is 3.66. The number of benzene rings is 1. The Morgan fingerprint density at radius 2 is 2.11 bits per heavy atom. The molecule has 0 saturated carbocycles. The van der Waals surface area contributed by atoms with Crippen molar-refractivity contribution >= 4 is 53.4 Å². The van der Waals surface area contributed by atoms with Gasteiger partial charge in [0.05, 0.1) is 11.1 Å². The third kappa shape index (κ3) is 2.45. The monoisotopic (exact) mass is 312 g/mol. The molecule has 3 aromatic rings. The minimum absolute atomic E-state index is 0.339. The number of aromatic nitrogens is 1. The van der Waals surface area contributed by atoms with E-state index in [0.717, 1.165) is 13.0 Å². The van der Waals surface area contributed by atoms with Crippen LogP contribution in [0.25, 0.3) is 19.6 Å². The highest BCUT2D eigenvalue weighted by Gasteiger charge is 2.22. The summed E-state index contributed by atoms with van der Waals surface area (Å²) in [6.07, 6.45) is 0.727. The molecule has 0 aliphatic heterocycles. The van der Waals surface area contributed by atoms with Crippen LogP contribution in [-0.4, -0.2) is 14.5 Å². The van der Waals surface area contributed by atoms with Crippen molar-refractivity contribution in [2.24, 2.45) is 0 Å². The van der Waals surface area contributed by atoms with Gasteiger partial charge in [-0.15, -0.1) is 11.3 Å². The van der Waals surface area contributed by atoms with Gasteiger partial charge < -0.3 is 4.55 Å². The maximum absolute atomic E-state index is 10.7. The molecule has 0 radical (unpaired) electrons. The van der Waals surface area contributed by atoms with E-state index in [-0.39, 0.29) is 0 Å². The molecule has 0 fully saturated rings. The van der Waals surface area contributed by atoms with Crippen molar-refractivity contribution in [3.05, 3.63) is 29.3 Å². The summed E-state index contributed by atoms with van der Waals surface area (Å²) >= 11 is 1.94. The maximum Gasteiger partial charge on any atom is 0.242 e. The average molecular weight is 312 g/mol. The van der Waals surface area contributed by atoms with Gasteiger partial charge >= 0.3 is 0 Å². The maximum atomic E-state index is 10.7. The zero-order chi connectivity index (χ0) is 13.4. The van der Waals surface area contributed by atoms with Crippen LogP contribution in [0.1, 0.15) is 11.4 Å². The molecule has 0 bridgehead atoms. The van der Waals surface area contributed by atoms with Crippen molar-refractivity contribution < 1.29 is 13.3 Å². The van der Waals surface area contributed by atoms with Gasteiger partial charge in [0.25, 0.3) is 0 Å². The third-order valence-electron chi connectivity index (χ3n) is 3.13. The number of nitrogens with zero attached hydrogens (tertiary/aromatic N) is 1. The van der Waals surface area contributed by atoms with Crippen LogP contribution < -0.4 is 4.57 Å². The summed E-state index contributed by atoms with van der Waals surface area (Å²) in [4.78, 5) is 0. The summed E-state index contributed by atoms with van der Waals surface area (Å²) in [6.45, 7) is 2.92. The van der Waals surface area contributed by atoms with Crippen molar-refractivity contribution in [1.82, 2.24) is 0 Å². The largest absolute Gasteiger partial charge is 0.306 e. The number of aryl methyl sites for hydroxylation is 2. The molecule has 0 spiro atoms. The molecule has 2 heterocycles. The van der Waals surface area contributed by atoms with E-state index in [2.05, 4.69) is 35.8 Å². The molecule has 3 nitrogen and oxygen atoms in total. The van der Waals surface area contributed by atoms with Gasteiger partial charge in [0.2, 0.25) is 10.5 Å². The molecule has 1 atom stereocenters. The zero-order valence-corrected chi connectivity index (χ0v) is 12.9. The SMILES string of the molecule is Cc1sc2sc3ccccc3c2[n+]1CCCS(=O)O. The molecule has 3 rings (SSSR count). The van der Waals surface area contributed by atoms with Crippen LogP contribution >= 0.6 is 22.7 Å². The van der Waals surface area contributed by atoms with Gasteiger partial charge in [0, 0.05) is 18.0 Å². The molecule has 1 unspecified atom stereocenters. The lowest BCUT2D eigenvalue weighted by atomic mass is 10.2. The van der Waals surface area contributed by atoms with Crippen LogP contribution in [0.3, 0.4) is 0 Å². The second kappa shape index (κ2) is 5.28. The van der Waals surface area contributed by atoms with E-state index in [0.29, 0.717) is 5.75 Å². The van der Waals surface area contributed by atoms with Crippen LogP contribution in [0, 0.1) is 6.92 Å². The lowest BCUT2D eigenvalue weighted by molar-refractivity contribution is -0.672. The third-order valence-corrected chi connectivity index (χ3v) is 6.12. The highest BCUT2D eigenvalue weighted by atomic mass is 32.2. The number of rotatable bonds is 4. The normalized spacial score (nSPS) is 13.4. The van der Waals surface area contributed by atoms with E-state index in [1.807, 2.05) is 11.3 Å². The number of fused-ring (bicyclic) bond motifs is 3. The Hall–Kier alpha value is -0.820. The fourth-order valence-corrected chi connectivity index (χ4v) is 5.29.